The summed E-state index contributed by atoms with van der Waals surface area (Å²) in [6.07, 6.45) is 30.5. The van der Waals surface area contributed by atoms with Crippen LogP contribution in [0.5, 0.6) is 0 Å². The maximum atomic E-state index is 10.8. The van der Waals surface area contributed by atoms with Gasteiger partial charge in [0, 0.05) is 6.42 Å². The molecule has 0 amide bonds. The molecule has 1 rings (SSSR count). The molecular formula is C23H34O2. The highest BCUT2D eigenvalue weighted by atomic mass is 16.6. The molecule has 1 fully saturated rings. The molecule has 0 bridgehead atoms. The summed E-state index contributed by atoms with van der Waals surface area (Å²) in [5, 5.41) is 0. The molecule has 1 aliphatic rings. The molecule has 1 heterocycles. The van der Waals surface area contributed by atoms with Crippen molar-refractivity contribution < 1.29 is 9.53 Å². The van der Waals surface area contributed by atoms with E-state index in [1.165, 1.54) is 0 Å². The molecule has 2 heteroatoms. The van der Waals surface area contributed by atoms with Crippen molar-refractivity contribution in [2.75, 3.05) is 0 Å². The van der Waals surface area contributed by atoms with Crippen molar-refractivity contribution in [3.8, 4) is 0 Å². The standard InChI is InChI=1S/C23H34O2/c1-3-22-23(25-22)20-18-16-14-12-10-8-6-4-5-7-9-11-13-15-17-19-21(2)24/h4,6-7,9-10,12-13,15-16,18,22-23H,3,5,8,11,14,17,19-20H2,1-2H3/b6-4-,9-7-,12-10-,15-13-,18-16-. The fraction of sp³-hybridized carbons (Fsp3) is 0.522. The van der Waals surface area contributed by atoms with Crippen molar-refractivity contribution in [1.29, 1.82) is 0 Å². The third kappa shape index (κ3) is 13.3. The summed E-state index contributed by atoms with van der Waals surface area (Å²) < 4.78 is 5.50. The Labute approximate surface area is 154 Å². The van der Waals surface area contributed by atoms with Gasteiger partial charge in [0.05, 0.1) is 12.2 Å². The summed E-state index contributed by atoms with van der Waals surface area (Å²) in [5.74, 6) is 0.258. The van der Waals surface area contributed by atoms with Crippen LogP contribution in [-0.4, -0.2) is 18.0 Å². The second-order valence-electron chi connectivity index (χ2n) is 6.40. The maximum absolute atomic E-state index is 10.8. The van der Waals surface area contributed by atoms with Crippen molar-refractivity contribution in [1.82, 2.24) is 0 Å². The van der Waals surface area contributed by atoms with Gasteiger partial charge in [0.2, 0.25) is 0 Å². The molecule has 2 atom stereocenters. The van der Waals surface area contributed by atoms with E-state index in [0.717, 1.165) is 44.9 Å². The Bertz CT molecular complexity index is 494. The molecule has 0 aromatic carbocycles. The maximum Gasteiger partial charge on any atom is 0.130 e. The highest BCUT2D eigenvalue weighted by Gasteiger charge is 2.35. The van der Waals surface area contributed by atoms with E-state index in [4.69, 9.17) is 4.74 Å². The number of ketones is 1. The highest BCUT2D eigenvalue weighted by Crippen LogP contribution is 2.28. The Kier molecular flexibility index (Phi) is 12.5. The van der Waals surface area contributed by atoms with Gasteiger partial charge >= 0.3 is 0 Å². The lowest BCUT2D eigenvalue weighted by atomic mass is 10.2. The molecular weight excluding hydrogens is 308 g/mol. The first-order chi connectivity index (χ1) is 12.2. The third-order valence-corrected chi connectivity index (χ3v) is 4.04. The first-order valence-electron chi connectivity index (χ1n) is 9.64. The Hall–Kier alpha value is -1.67. The summed E-state index contributed by atoms with van der Waals surface area (Å²) in [6.45, 7) is 3.81. The minimum atomic E-state index is 0.258. The SMILES string of the molecule is CCC1OC1C/C=C\C/C=C\C/C=C\C/C=C\C/C=C\CCC(C)=O. The smallest absolute Gasteiger partial charge is 0.130 e. The normalized spacial score (nSPS) is 20.9. The fourth-order valence-corrected chi connectivity index (χ4v) is 2.46. The van der Waals surface area contributed by atoms with Gasteiger partial charge in [-0.05, 0) is 51.9 Å². The summed E-state index contributed by atoms with van der Waals surface area (Å²) in [5.41, 5.74) is 0. The average molecular weight is 343 g/mol. The average Bonchev–Trinajstić information content (AvgIpc) is 3.36. The molecule has 2 unspecified atom stereocenters. The molecule has 2 nitrogen and oxygen atoms in total. The Morgan fingerprint density at radius 3 is 1.68 bits per heavy atom. The number of hydrogen-bond donors (Lipinski definition) is 0. The van der Waals surface area contributed by atoms with Crippen LogP contribution in [0.3, 0.4) is 0 Å². The third-order valence-electron chi connectivity index (χ3n) is 4.04. The van der Waals surface area contributed by atoms with E-state index in [2.05, 4.69) is 67.7 Å². The molecule has 0 aliphatic carbocycles. The quantitative estimate of drug-likeness (QED) is 0.275. The second kappa shape index (κ2) is 14.7. The molecule has 0 aromatic heterocycles. The molecule has 0 radical (unpaired) electrons. The number of rotatable bonds is 14. The zero-order valence-electron chi connectivity index (χ0n) is 15.9. The van der Waals surface area contributed by atoms with Gasteiger partial charge in [-0.2, -0.15) is 0 Å². The van der Waals surface area contributed by atoms with E-state index in [1.54, 1.807) is 6.92 Å². The van der Waals surface area contributed by atoms with E-state index in [1.807, 2.05) is 0 Å². The summed E-state index contributed by atoms with van der Waals surface area (Å²) in [6, 6.07) is 0. The van der Waals surface area contributed by atoms with Gasteiger partial charge in [-0.3, -0.25) is 0 Å². The number of ether oxygens (including phenoxy) is 1. The van der Waals surface area contributed by atoms with Gasteiger partial charge in [0.25, 0.3) is 0 Å². The summed E-state index contributed by atoms with van der Waals surface area (Å²) >= 11 is 0. The zero-order valence-corrected chi connectivity index (χ0v) is 15.9. The van der Waals surface area contributed by atoms with Gasteiger partial charge in [0.1, 0.15) is 5.78 Å². The number of epoxide rings is 1. The van der Waals surface area contributed by atoms with Crippen LogP contribution in [0, 0.1) is 0 Å². The van der Waals surface area contributed by atoms with E-state index in [9.17, 15) is 4.79 Å². The lowest BCUT2D eigenvalue weighted by molar-refractivity contribution is -0.116. The highest BCUT2D eigenvalue weighted by molar-refractivity contribution is 5.75. The molecule has 25 heavy (non-hydrogen) atoms. The minimum Gasteiger partial charge on any atom is -0.369 e. The van der Waals surface area contributed by atoms with E-state index < -0.39 is 0 Å². The van der Waals surface area contributed by atoms with Crippen LogP contribution < -0.4 is 0 Å². The summed E-state index contributed by atoms with van der Waals surface area (Å²) in [7, 11) is 0. The molecule has 1 saturated heterocycles. The van der Waals surface area contributed by atoms with Crippen molar-refractivity contribution in [3.63, 3.8) is 0 Å². The lowest BCUT2D eigenvalue weighted by Gasteiger charge is -1.88. The van der Waals surface area contributed by atoms with Crippen LogP contribution in [0.1, 0.15) is 65.2 Å². The first-order valence-corrected chi connectivity index (χ1v) is 9.64. The number of carbonyl (C=O) groups is 1. The van der Waals surface area contributed by atoms with Crippen LogP contribution >= 0.6 is 0 Å². The number of allylic oxidation sites excluding steroid dienone is 9. The number of Topliss-reactive ketones (excluding diaryl/α,β-unsaturated/α-hetero) is 1. The van der Waals surface area contributed by atoms with E-state index in [-0.39, 0.29) is 5.78 Å². The molecule has 0 aromatic rings. The molecule has 1 aliphatic heterocycles. The monoisotopic (exact) mass is 342 g/mol. The van der Waals surface area contributed by atoms with Gasteiger partial charge in [-0.15, -0.1) is 0 Å². The largest absolute Gasteiger partial charge is 0.369 e. The minimum absolute atomic E-state index is 0.258. The van der Waals surface area contributed by atoms with Crippen molar-refractivity contribution in [2.24, 2.45) is 0 Å². The van der Waals surface area contributed by atoms with Crippen molar-refractivity contribution >= 4 is 5.78 Å². The number of carbonyl (C=O) groups excluding carboxylic acids is 1. The van der Waals surface area contributed by atoms with Crippen LogP contribution in [0.15, 0.2) is 60.8 Å². The Morgan fingerprint density at radius 2 is 1.24 bits per heavy atom. The lowest BCUT2D eigenvalue weighted by Crippen LogP contribution is -1.88. The van der Waals surface area contributed by atoms with Crippen LogP contribution in [0.2, 0.25) is 0 Å². The Balaban J connectivity index is 1.91. The first kappa shape index (κ1) is 21.4. The van der Waals surface area contributed by atoms with E-state index in [0.29, 0.717) is 18.6 Å². The molecule has 0 saturated carbocycles. The van der Waals surface area contributed by atoms with Crippen molar-refractivity contribution in [2.45, 2.75) is 77.4 Å². The molecule has 138 valence electrons. The predicted molar refractivity (Wildman–Crippen MR) is 108 cm³/mol. The van der Waals surface area contributed by atoms with Crippen LogP contribution in [0.4, 0.5) is 0 Å². The van der Waals surface area contributed by atoms with Gasteiger partial charge in [0.15, 0.2) is 0 Å². The number of hydrogen-bond acceptors (Lipinski definition) is 2. The van der Waals surface area contributed by atoms with Gasteiger partial charge in [-0.25, -0.2) is 0 Å². The second-order valence-corrected chi connectivity index (χ2v) is 6.40. The fourth-order valence-electron chi connectivity index (χ4n) is 2.46. The zero-order chi connectivity index (χ0) is 18.2. The van der Waals surface area contributed by atoms with Gasteiger partial charge in [-0.1, -0.05) is 67.7 Å². The van der Waals surface area contributed by atoms with Gasteiger partial charge < -0.3 is 9.53 Å². The predicted octanol–water partition coefficient (Wildman–Crippen LogP) is 6.26. The van der Waals surface area contributed by atoms with Crippen molar-refractivity contribution in [3.05, 3.63) is 60.8 Å². The van der Waals surface area contributed by atoms with E-state index >= 15 is 0 Å². The van der Waals surface area contributed by atoms with Crippen LogP contribution in [0.25, 0.3) is 0 Å². The summed E-state index contributed by atoms with van der Waals surface area (Å²) in [4.78, 5) is 10.8. The van der Waals surface area contributed by atoms with Crippen LogP contribution in [-0.2, 0) is 9.53 Å². The molecule has 0 N–H and O–H groups in total. The topological polar surface area (TPSA) is 29.6 Å². The Morgan fingerprint density at radius 1 is 0.760 bits per heavy atom. The molecule has 0 spiro atoms.